The SMILES string of the molecule is CC1(NCCC2(N)CCCC2)CCOC1. The average Bonchev–Trinajstić information content (AvgIpc) is 2.76. The third-order valence-electron chi connectivity index (χ3n) is 3.99. The molecule has 0 radical (unpaired) electrons. The van der Waals surface area contributed by atoms with Crippen molar-refractivity contribution in [1.29, 1.82) is 0 Å². The number of nitrogens with two attached hydrogens (primary N) is 1. The lowest BCUT2D eigenvalue weighted by Crippen LogP contribution is -2.47. The molecular weight excluding hydrogens is 188 g/mol. The van der Waals surface area contributed by atoms with Crippen LogP contribution in [0.3, 0.4) is 0 Å². The Morgan fingerprint density at radius 3 is 2.60 bits per heavy atom. The molecule has 3 nitrogen and oxygen atoms in total. The van der Waals surface area contributed by atoms with E-state index in [0.717, 1.165) is 32.6 Å². The molecular formula is C12H24N2O. The molecule has 0 bridgehead atoms. The van der Waals surface area contributed by atoms with Crippen molar-refractivity contribution in [1.82, 2.24) is 5.32 Å². The van der Waals surface area contributed by atoms with Gasteiger partial charge < -0.3 is 15.8 Å². The molecule has 1 saturated carbocycles. The van der Waals surface area contributed by atoms with E-state index in [1.807, 2.05) is 0 Å². The van der Waals surface area contributed by atoms with Gasteiger partial charge in [-0.15, -0.1) is 0 Å². The minimum Gasteiger partial charge on any atom is -0.379 e. The van der Waals surface area contributed by atoms with E-state index in [4.69, 9.17) is 10.5 Å². The Morgan fingerprint density at radius 2 is 2.00 bits per heavy atom. The van der Waals surface area contributed by atoms with Gasteiger partial charge in [-0.2, -0.15) is 0 Å². The summed E-state index contributed by atoms with van der Waals surface area (Å²) >= 11 is 0. The van der Waals surface area contributed by atoms with Crippen molar-refractivity contribution in [2.75, 3.05) is 19.8 Å². The Kier molecular flexibility index (Phi) is 3.33. The highest BCUT2D eigenvalue weighted by Crippen LogP contribution is 2.30. The summed E-state index contributed by atoms with van der Waals surface area (Å²) in [6.07, 6.45) is 7.30. The van der Waals surface area contributed by atoms with Crippen molar-refractivity contribution >= 4 is 0 Å². The van der Waals surface area contributed by atoms with E-state index in [1.54, 1.807) is 0 Å². The normalized spacial score (nSPS) is 34.8. The highest BCUT2D eigenvalue weighted by molar-refractivity contribution is 4.92. The Balaban J connectivity index is 1.69. The van der Waals surface area contributed by atoms with Crippen molar-refractivity contribution in [3.63, 3.8) is 0 Å². The molecule has 2 aliphatic rings. The van der Waals surface area contributed by atoms with Gasteiger partial charge in [0, 0.05) is 17.7 Å². The minimum atomic E-state index is 0.128. The lowest BCUT2D eigenvalue weighted by Gasteiger charge is -2.28. The first-order valence-corrected chi connectivity index (χ1v) is 6.24. The minimum absolute atomic E-state index is 0.128. The predicted molar refractivity (Wildman–Crippen MR) is 61.8 cm³/mol. The van der Waals surface area contributed by atoms with Crippen LogP contribution in [-0.2, 0) is 4.74 Å². The van der Waals surface area contributed by atoms with Crippen LogP contribution in [0.5, 0.6) is 0 Å². The third kappa shape index (κ3) is 2.92. The monoisotopic (exact) mass is 212 g/mol. The Bertz CT molecular complexity index is 184. The van der Waals surface area contributed by atoms with Crippen LogP contribution in [-0.4, -0.2) is 30.8 Å². The number of nitrogens with one attached hydrogen (secondary N) is 1. The molecule has 2 fully saturated rings. The first-order chi connectivity index (χ1) is 7.12. The van der Waals surface area contributed by atoms with Crippen LogP contribution < -0.4 is 11.1 Å². The number of rotatable bonds is 4. The molecule has 88 valence electrons. The van der Waals surface area contributed by atoms with Gasteiger partial charge in [-0.25, -0.2) is 0 Å². The standard InChI is InChI=1S/C12H24N2O/c1-11(7-9-15-10-11)14-8-6-12(13)4-2-3-5-12/h14H,2-10,13H2,1H3. The van der Waals surface area contributed by atoms with Gasteiger partial charge in [-0.1, -0.05) is 12.8 Å². The van der Waals surface area contributed by atoms with Crippen LogP contribution in [0.15, 0.2) is 0 Å². The van der Waals surface area contributed by atoms with E-state index in [9.17, 15) is 0 Å². The van der Waals surface area contributed by atoms with E-state index in [0.29, 0.717) is 0 Å². The Morgan fingerprint density at radius 1 is 1.27 bits per heavy atom. The lowest BCUT2D eigenvalue weighted by molar-refractivity contribution is 0.170. The molecule has 1 aliphatic carbocycles. The predicted octanol–water partition coefficient (Wildman–Crippen LogP) is 1.42. The molecule has 0 aromatic heterocycles. The van der Waals surface area contributed by atoms with Crippen molar-refractivity contribution in [2.24, 2.45) is 5.73 Å². The zero-order valence-corrected chi connectivity index (χ0v) is 9.85. The Labute approximate surface area is 92.7 Å². The molecule has 3 N–H and O–H groups in total. The van der Waals surface area contributed by atoms with Crippen molar-refractivity contribution in [3.05, 3.63) is 0 Å². The molecule has 1 unspecified atom stereocenters. The van der Waals surface area contributed by atoms with Gasteiger partial charge in [-0.3, -0.25) is 0 Å². The second-order valence-electron chi connectivity index (χ2n) is 5.61. The van der Waals surface area contributed by atoms with Gasteiger partial charge in [0.05, 0.1) is 6.61 Å². The largest absolute Gasteiger partial charge is 0.379 e. The number of hydrogen-bond donors (Lipinski definition) is 2. The molecule has 1 heterocycles. The summed E-state index contributed by atoms with van der Waals surface area (Å²) in [6, 6.07) is 0. The summed E-state index contributed by atoms with van der Waals surface area (Å²) in [7, 11) is 0. The highest BCUT2D eigenvalue weighted by atomic mass is 16.5. The molecule has 0 aromatic carbocycles. The second-order valence-corrected chi connectivity index (χ2v) is 5.61. The van der Waals surface area contributed by atoms with E-state index in [1.165, 1.54) is 25.7 Å². The fourth-order valence-corrected chi connectivity index (χ4v) is 2.75. The first-order valence-electron chi connectivity index (χ1n) is 6.24. The molecule has 1 atom stereocenters. The smallest absolute Gasteiger partial charge is 0.0646 e. The summed E-state index contributed by atoms with van der Waals surface area (Å²) in [5, 5.41) is 3.61. The second kappa shape index (κ2) is 4.40. The molecule has 1 saturated heterocycles. The molecule has 1 aliphatic heterocycles. The van der Waals surface area contributed by atoms with Crippen molar-refractivity contribution < 1.29 is 4.74 Å². The van der Waals surface area contributed by atoms with Crippen molar-refractivity contribution in [3.8, 4) is 0 Å². The van der Waals surface area contributed by atoms with Gasteiger partial charge in [0.1, 0.15) is 0 Å². The van der Waals surface area contributed by atoms with Crippen LogP contribution in [0.1, 0.15) is 45.4 Å². The summed E-state index contributed by atoms with van der Waals surface area (Å²) in [5.74, 6) is 0. The average molecular weight is 212 g/mol. The summed E-state index contributed by atoms with van der Waals surface area (Å²) in [5.41, 5.74) is 6.65. The van der Waals surface area contributed by atoms with Gasteiger partial charge in [-0.05, 0) is 39.2 Å². The molecule has 0 amide bonds. The molecule has 0 spiro atoms. The summed E-state index contributed by atoms with van der Waals surface area (Å²) < 4.78 is 5.41. The zero-order valence-electron chi connectivity index (χ0n) is 9.85. The van der Waals surface area contributed by atoms with E-state index < -0.39 is 0 Å². The zero-order chi connectivity index (χ0) is 10.8. The van der Waals surface area contributed by atoms with Crippen LogP contribution in [0.4, 0.5) is 0 Å². The number of ether oxygens (including phenoxy) is 1. The van der Waals surface area contributed by atoms with Gasteiger partial charge >= 0.3 is 0 Å². The van der Waals surface area contributed by atoms with Crippen LogP contribution in [0.25, 0.3) is 0 Å². The van der Waals surface area contributed by atoms with Crippen molar-refractivity contribution in [2.45, 2.75) is 56.5 Å². The van der Waals surface area contributed by atoms with Crippen LogP contribution in [0.2, 0.25) is 0 Å². The summed E-state index contributed by atoms with van der Waals surface area (Å²) in [6.45, 7) is 5.04. The lowest BCUT2D eigenvalue weighted by atomic mass is 9.93. The number of hydrogen-bond acceptors (Lipinski definition) is 3. The van der Waals surface area contributed by atoms with E-state index >= 15 is 0 Å². The topological polar surface area (TPSA) is 47.3 Å². The van der Waals surface area contributed by atoms with Gasteiger partial charge in [0.15, 0.2) is 0 Å². The van der Waals surface area contributed by atoms with Crippen LogP contribution in [0, 0.1) is 0 Å². The van der Waals surface area contributed by atoms with Crippen LogP contribution >= 0.6 is 0 Å². The van der Waals surface area contributed by atoms with Gasteiger partial charge in [0.25, 0.3) is 0 Å². The maximum Gasteiger partial charge on any atom is 0.0646 e. The van der Waals surface area contributed by atoms with E-state index in [-0.39, 0.29) is 11.1 Å². The molecule has 3 heteroatoms. The fourth-order valence-electron chi connectivity index (χ4n) is 2.75. The third-order valence-corrected chi connectivity index (χ3v) is 3.99. The quantitative estimate of drug-likeness (QED) is 0.741. The fraction of sp³-hybridized carbons (Fsp3) is 1.00. The first kappa shape index (κ1) is 11.4. The van der Waals surface area contributed by atoms with Gasteiger partial charge in [0.2, 0.25) is 0 Å². The molecule has 15 heavy (non-hydrogen) atoms. The maximum absolute atomic E-state index is 6.32. The summed E-state index contributed by atoms with van der Waals surface area (Å²) in [4.78, 5) is 0. The molecule has 0 aromatic rings. The Hall–Kier alpha value is -0.120. The highest BCUT2D eigenvalue weighted by Gasteiger charge is 2.32. The maximum atomic E-state index is 6.32. The van der Waals surface area contributed by atoms with E-state index in [2.05, 4.69) is 12.2 Å². The molecule has 2 rings (SSSR count).